The third-order valence-corrected chi connectivity index (χ3v) is 6.60. The predicted octanol–water partition coefficient (Wildman–Crippen LogP) is 4.51. The normalized spacial score (nSPS) is 16.9. The zero-order chi connectivity index (χ0) is 28.0. The first-order valence-electron chi connectivity index (χ1n) is 12.5. The Morgan fingerprint density at radius 3 is 2.42 bits per heavy atom. The molecule has 0 unspecified atom stereocenters. The second-order valence-corrected chi connectivity index (χ2v) is 9.17. The molecule has 3 aliphatic rings. The van der Waals surface area contributed by atoms with Crippen molar-refractivity contribution >= 4 is 17.4 Å². The Bertz CT molecular complexity index is 1190. The van der Waals surface area contributed by atoms with Gasteiger partial charge in [0.05, 0.1) is 6.54 Å². The third-order valence-electron chi connectivity index (χ3n) is 6.60. The number of carbonyl (C=O) groups excluding carboxylic acids is 1. The van der Waals surface area contributed by atoms with E-state index in [-0.39, 0.29) is 23.9 Å². The molecule has 0 saturated carbocycles. The van der Waals surface area contributed by atoms with Crippen LogP contribution in [0.1, 0.15) is 37.4 Å². The van der Waals surface area contributed by atoms with Crippen molar-refractivity contribution in [1.29, 1.82) is 5.41 Å². The fourth-order valence-corrected chi connectivity index (χ4v) is 4.66. The van der Waals surface area contributed by atoms with Crippen LogP contribution in [-0.4, -0.2) is 59.3 Å². The zero-order valence-corrected chi connectivity index (χ0v) is 21.9. The number of fused-ring (bicyclic) bond motifs is 1. The number of alkyl halides is 3. The van der Waals surface area contributed by atoms with Gasteiger partial charge in [-0.3, -0.25) is 14.9 Å². The highest BCUT2D eigenvalue weighted by atomic mass is 19.4. The van der Waals surface area contributed by atoms with E-state index in [0.29, 0.717) is 42.8 Å². The third kappa shape index (κ3) is 6.45. The maximum Gasteiger partial charge on any atom is 0.435 e. The lowest BCUT2D eigenvalue weighted by molar-refractivity contribution is -0.141. The number of nitrogens with two attached hydrogens (primary N) is 1. The van der Waals surface area contributed by atoms with Gasteiger partial charge in [0.15, 0.2) is 5.69 Å². The first kappa shape index (κ1) is 29.0. The van der Waals surface area contributed by atoms with Crippen LogP contribution < -0.4 is 10.6 Å². The van der Waals surface area contributed by atoms with Crippen molar-refractivity contribution in [3.05, 3.63) is 60.1 Å². The molecule has 5 rings (SSSR count). The molecule has 3 aliphatic heterocycles. The average Bonchev–Trinajstić information content (AvgIpc) is 3.66. The van der Waals surface area contributed by atoms with Gasteiger partial charge in [-0.1, -0.05) is 6.07 Å². The van der Waals surface area contributed by atoms with Gasteiger partial charge in [0, 0.05) is 75.4 Å². The number of ether oxygens (including phenoxy) is 1. The Kier molecular flexibility index (Phi) is 9.37. The van der Waals surface area contributed by atoms with Crippen LogP contribution in [0.25, 0.3) is 11.1 Å². The number of hydrogen-bond donors (Lipinski definition) is 2. The van der Waals surface area contributed by atoms with E-state index < -0.39 is 11.9 Å². The van der Waals surface area contributed by atoms with Gasteiger partial charge in [0.2, 0.25) is 5.91 Å². The molecule has 1 aromatic heterocycles. The van der Waals surface area contributed by atoms with E-state index in [2.05, 4.69) is 18.3 Å². The molecule has 1 saturated heterocycles. The Hall–Kier alpha value is -3.60. The molecule has 8 nitrogen and oxygen atoms in total. The van der Waals surface area contributed by atoms with Crippen LogP contribution >= 0.6 is 0 Å². The van der Waals surface area contributed by atoms with Crippen LogP contribution in [-0.2, 0) is 29.2 Å². The summed E-state index contributed by atoms with van der Waals surface area (Å²) < 4.78 is 46.2. The number of amidine groups is 1. The van der Waals surface area contributed by atoms with Crippen molar-refractivity contribution in [3.63, 3.8) is 0 Å². The van der Waals surface area contributed by atoms with E-state index in [1.165, 1.54) is 33.0 Å². The molecule has 1 amide bonds. The first-order chi connectivity index (χ1) is 18.1. The monoisotopic (exact) mass is 532 g/mol. The summed E-state index contributed by atoms with van der Waals surface area (Å²) >= 11 is 0. The summed E-state index contributed by atoms with van der Waals surface area (Å²) in [6.07, 6.45) is 0.482. The topological polar surface area (TPSA) is 100 Å². The quantitative estimate of drug-likeness (QED) is 0.337. The van der Waals surface area contributed by atoms with Crippen molar-refractivity contribution in [3.8, 4) is 11.1 Å². The fourth-order valence-electron chi connectivity index (χ4n) is 4.66. The van der Waals surface area contributed by atoms with E-state index in [1.54, 1.807) is 28.0 Å². The number of anilines is 1. The number of nitrogens with one attached hydrogen (secondary N) is 1. The largest absolute Gasteiger partial charge is 0.435 e. The number of amides is 1. The molecule has 0 atom stereocenters. The number of nitrogens with zero attached hydrogens (tertiary/aromatic N) is 4. The lowest BCUT2D eigenvalue weighted by Crippen LogP contribution is -2.42. The van der Waals surface area contributed by atoms with Gasteiger partial charge in [-0.25, -0.2) is 0 Å². The summed E-state index contributed by atoms with van der Waals surface area (Å²) in [5.41, 5.74) is 8.54. The second-order valence-electron chi connectivity index (χ2n) is 9.17. The lowest BCUT2D eigenvalue weighted by atomic mass is 10.0. The smallest absolute Gasteiger partial charge is 0.402 e. The van der Waals surface area contributed by atoms with Crippen molar-refractivity contribution in [2.24, 2.45) is 12.8 Å². The standard InChI is InChI=1S/C21H23F3N6O.C4H8O.C2H4/c1-12(31)29-7-6-17(25)16(11-29)20(26)30-8-5-14-9-13(3-4-18(14)30)15-10-28(2)27-19(15)21(22,23)24;1-2-4-5-3-1;1-2/h3-4,9-10,26H,5-8,11,25H2,1-2H3;1-4H2;1-2H2. The molecule has 38 heavy (non-hydrogen) atoms. The molecular weight excluding hydrogens is 497 g/mol. The summed E-state index contributed by atoms with van der Waals surface area (Å²) in [6, 6.07) is 5.09. The Morgan fingerprint density at radius 2 is 1.84 bits per heavy atom. The number of halogens is 3. The fraction of sp³-hybridized carbons (Fsp3) is 0.444. The minimum absolute atomic E-state index is 0.0302. The summed E-state index contributed by atoms with van der Waals surface area (Å²) in [7, 11) is 1.46. The lowest BCUT2D eigenvalue weighted by Gasteiger charge is -2.32. The molecule has 2 aromatic rings. The van der Waals surface area contributed by atoms with E-state index in [1.807, 2.05) is 0 Å². The van der Waals surface area contributed by atoms with Crippen molar-refractivity contribution in [1.82, 2.24) is 14.7 Å². The van der Waals surface area contributed by atoms with Gasteiger partial charge in [0.25, 0.3) is 0 Å². The van der Waals surface area contributed by atoms with Crippen LogP contribution in [0.5, 0.6) is 0 Å². The summed E-state index contributed by atoms with van der Waals surface area (Å²) in [4.78, 5) is 15.2. The molecule has 1 aromatic carbocycles. The average molecular weight is 533 g/mol. The number of hydrogen-bond acceptors (Lipinski definition) is 5. The molecule has 4 heterocycles. The molecule has 11 heteroatoms. The minimum Gasteiger partial charge on any atom is -0.402 e. The molecule has 206 valence electrons. The van der Waals surface area contributed by atoms with Gasteiger partial charge in [-0.2, -0.15) is 18.3 Å². The summed E-state index contributed by atoms with van der Waals surface area (Å²) in [5, 5.41) is 12.3. The molecule has 1 fully saturated rings. The minimum atomic E-state index is -4.54. The highest BCUT2D eigenvalue weighted by molar-refractivity contribution is 6.10. The van der Waals surface area contributed by atoms with Gasteiger partial charge in [-0.15, -0.1) is 13.2 Å². The predicted molar refractivity (Wildman–Crippen MR) is 142 cm³/mol. The maximum absolute atomic E-state index is 13.4. The molecule has 3 N–H and O–H groups in total. The number of aryl methyl sites for hydroxylation is 1. The molecule has 0 aliphatic carbocycles. The van der Waals surface area contributed by atoms with Gasteiger partial charge >= 0.3 is 6.18 Å². The van der Waals surface area contributed by atoms with E-state index >= 15 is 0 Å². The van der Waals surface area contributed by atoms with Crippen molar-refractivity contribution in [2.45, 2.75) is 38.8 Å². The van der Waals surface area contributed by atoms with Crippen LogP contribution in [0.2, 0.25) is 0 Å². The SMILES string of the molecule is C1CCOC1.C=C.CC(=O)N1CCC(N)=C(C(=N)N2CCc3cc(-c4cn(C)nc4C(F)(F)F)ccc32)C1. The second kappa shape index (κ2) is 12.3. The Morgan fingerprint density at radius 1 is 1.16 bits per heavy atom. The van der Waals surface area contributed by atoms with Crippen LogP contribution in [0.15, 0.2) is 48.8 Å². The van der Waals surface area contributed by atoms with Crippen molar-refractivity contribution in [2.75, 3.05) is 37.7 Å². The van der Waals surface area contributed by atoms with Gasteiger partial charge in [0.1, 0.15) is 5.84 Å². The maximum atomic E-state index is 13.4. The van der Waals surface area contributed by atoms with Crippen LogP contribution in [0.4, 0.5) is 18.9 Å². The van der Waals surface area contributed by atoms with Crippen molar-refractivity contribution < 1.29 is 22.7 Å². The molecular formula is C27H35F3N6O2. The zero-order valence-electron chi connectivity index (χ0n) is 21.9. The molecule has 0 bridgehead atoms. The number of rotatable bonds is 2. The van der Waals surface area contributed by atoms with E-state index in [4.69, 9.17) is 15.9 Å². The molecule has 0 radical (unpaired) electrons. The van der Waals surface area contributed by atoms with E-state index in [9.17, 15) is 18.0 Å². The van der Waals surface area contributed by atoms with Gasteiger partial charge in [-0.05, 0) is 42.5 Å². The first-order valence-corrected chi connectivity index (χ1v) is 12.5. The number of carbonyl (C=O) groups is 1. The summed E-state index contributed by atoms with van der Waals surface area (Å²) in [5.74, 6) is 0.161. The summed E-state index contributed by atoms with van der Waals surface area (Å²) in [6.45, 7) is 10.8. The highest BCUT2D eigenvalue weighted by Crippen LogP contribution is 2.39. The Balaban J connectivity index is 0.000000504. The number of benzene rings is 1. The van der Waals surface area contributed by atoms with Gasteiger partial charge < -0.3 is 20.3 Å². The number of aromatic nitrogens is 2. The Labute approximate surface area is 221 Å². The van der Waals surface area contributed by atoms with E-state index in [0.717, 1.165) is 29.1 Å². The van der Waals surface area contributed by atoms with Crippen LogP contribution in [0, 0.1) is 5.41 Å². The highest BCUT2D eigenvalue weighted by Gasteiger charge is 2.38. The molecule has 0 spiro atoms. The van der Waals surface area contributed by atoms with Crippen LogP contribution in [0.3, 0.4) is 0 Å².